The molecule has 2 heterocycles. The lowest BCUT2D eigenvalue weighted by molar-refractivity contribution is -0.126. The Morgan fingerprint density at radius 1 is 1.17 bits per heavy atom. The molecule has 3 amide bonds. The topological polar surface area (TPSA) is 91.4 Å². The summed E-state index contributed by atoms with van der Waals surface area (Å²) in [5, 5.41) is 5.97. The first-order valence-corrected chi connectivity index (χ1v) is 10.3. The number of nitrogens with zero attached hydrogens (tertiary/aromatic N) is 2. The Hall–Kier alpha value is -3.33. The number of para-hydroxylation sites is 1. The number of carbonyl (C=O) groups is 3. The summed E-state index contributed by atoms with van der Waals surface area (Å²) < 4.78 is 14.1. The number of aromatic nitrogens is 1. The van der Waals surface area contributed by atoms with E-state index in [0.29, 0.717) is 10.8 Å². The SMILES string of the molecule is O=C(CCNC(=O)[C@H]1CC(=O)N(c2ccc(F)cc2)C1)Nc1nc2ccccc2s1. The average molecular weight is 426 g/mol. The van der Waals surface area contributed by atoms with Crippen LogP contribution in [0, 0.1) is 11.7 Å². The minimum atomic E-state index is -0.505. The lowest BCUT2D eigenvalue weighted by Crippen LogP contribution is -2.34. The van der Waals surface area contributed by atoms with E-state index in [-0.39, 0.29) is 49.5 Å². The second-order valence-electron chi connectivity index (χ2n) is 6.96. The van der Waals surface area contributed by atoms with E-state index in [1.54, 1.807) is 0 Å². The molecule has 1 fully saturated rings. The van der Waals surface area contributed by atoms with Crippen LogP contribution in [0.25, 0.3) is 10.2 Å². The van der Waals surface area contributed by atoms with Crippen LogP contribution < -0.4 is 15.5 Å². The van der Waals surface area contributed by atoms with E-state index < -0.39 is 5.92 Å². The van der Waals surface area contributed by atoms with Gasteiger partial charge in [0.05, 0.1) is 16.1 Å². The van der Waals surface area contributed by atoms with E-state index >= 15 is 0 Å². The maximum absolute atomic E-state index is 13.1. The highest BCUT2D eigenvalue weighted by Gasteiger charge is 2.35. The van der Waals surface area contributed by atoms with Crippen LogP contribution in [-0.2, 0) is 14.4 Å². The minimum absolute atomic E-state index is 0.0844. The van der Waals surface area contributed by atoms with E-state index in [0.717, 1.165) is 10.2 Å². The van der Waals surface area contributed by atoms with Crippen molar-refractivity contribution in [3.05, 3.63) is 54.3 Å². The number of fused-ring (bicyclic) bond motifs is 1. The van der Waals surface area contributed by atoms with Crippen LogP contribution in [0.15, 0.2) is 48.5 Å². The summed E-state index contributed by atoms with van der Waals surface area (Å²) in [7, 11) is 0. The van der Waals surface area contributed by atoms with Gasteiger partial charge in [-0.1, -0.05) is 23.5 Å². The average Bonchev–Trinajstić information content (AvgIpc) is 3.31. The number of thiazole rings is 1. The Morgan fingerprint density at radius 2 is 1.93 bits per heavy atom. The first-order chi connectivity index (χ1) is 14.5. The molecule has 0 aliphatic carbocycles. The molecular formula is C21H19FN4O3S. The van der Waals surface area contributed by atoms with Crippen molar-refractivity contribution in [3.63, 3.8) is 0 Å². The molecular weight excluding hydrogens is 407 g/mol. The van der Waals surface area contributed by atoms with Gasteiger partial charge in [0.2, 0.25) is 17.7 Å². The van der Waals surface area contributed by atoms with Gasteiger partial charge in [0, 0.05) is 31.6 Å². The second-order valence-corrected chi connectivity index (χ2v) is 7.99. The molecule has 1 atom stereocenters. The molecule has 2 N–H and O–H groups in total. The van der Waals surface area contributed by atoms with Crippen molar-refractivity contribution in [2.24, 2.45) is 5.92 Å². The zero-order valence-electron chi connectivity index (χ0n) is 15.9. The van der Waals surface area contributed by atoms with Crippen LogP contribution in [0.3, 0.4) is 0 Å². The van der Waals surface area contributed by atoms with Gasteiger partial charge in [-0.3, -0.25) is 14.4 Å². The number of halogens is 1. The molecule has 2 aromatic carbocycles. The number of hydrogen-bond donors (Lipinski definition) is 2. The van der Waals surface area contributed by atoms with Gasteiger partial charge in [-0.2, -0.15) is 0 Å². The molecule has 1 aromatic heterocycles. The normalized spacial score (nSPS) is 16.1. The number of anilines is 2. The monoisotopic (exact) mass is 426 g/mol. The van der Waals surface area contributed by atoms with Crippen LogP contribution in [-0.4, -0.2) is 35.8 Å². The van der Waals surface area contributed by atoms with Gasteiger partial charge in [0.1, 0.15) is 5.82 Å². The fourth-order valence-electron chi connectivity index (χ4n) is 3.30. The number of hydrogen-bond acceptors (Lipinski definition) is 5. The summed E-state index contributed by atoms with van der Waals surface area (Å²) >= 11 is 1.39. The fourth-order valence-corrected chi connectivity index (χ4v) is 4.19. The van der Waals surface area contributed by atoms with E-state index in [2.05, 4.69) is 15.6 Å². The summed E-state index contributed by atoms with van der Waals surface area (Å²) in [6.45, 7) is 0.394. The third-order valence-electron chi connectivity index (χ3n) is 4.83. The van der Waals surface area contributed by atoms with E-state index in [4.69, 9.17) is 0 Å². The van der Waals surface area contributed by atoms with Crippen LogP contribution >= 0.6 is 11.3 Å². The Balaban J connectivity index is 1.25. The highest BCUT2D eigenvalue weighted by molar-refractivity contribution is 7.22. The summed E-state index contributed by atoms with van der Waals surface area (Å²) in [6.07, 6.45) is 0.186. The van der Waals surface area contributed by atoms with Gasteiger partial charge in [-0.05, 0) is 36.4 Å². The zero-order valence-corrected chi connectivity index (χ0v) is 16.7. The highest BCUT2D eigenvalue weighted by atomic mass is 32.1. The fraction of sp³-hybridized carbons (Fsp3) is 0.238. The van der Waals surface area contributed by atoms with Crippen molar-refractivity contribution in [3.8, 4) is 0 Å². The second kappa shape index (κ2) is 8.58. The molecule has 1 aliphatic rings. The number of amides is 3. The molecule has 0 unspecified atom stereocenters. The van der Waals surface area contributed by atoms with Crippen LogP contribution in [0.1, 0.15) is 12.8 Å². The summed E-state index contributed by atoms with van der Waals surface area (Å²) in [4.78, 5) is 42.5. The minimum Gasteiger partial charge on any atom is -0.355 e. The molecule has 0 radical (unpaired) electrons. The van der Waals surface area contributed by atoms with Gasteiger partial charge in [-0.25, -0.2) is 9.37 Å². The maximum Gasteiger partial charge on any atom is 0.227 e. The van der Waals surface area contributed by atoms with Gasteiger partial charge < -0.3 is 15.5 Å². The molecule has 0 bridgehead atoms. The van der Waals surface area contributed by atoms with Gasteiger partial charge in [0.15, 0.2) is 5.13 Å². The lowest BCUT2D eigenvalue weighted by Gasteiger charge is -2.16. The molecule has 30 heavy (non-hydrogen) atoms. The van der Waals surface area contributed by atoms with Crippen LogP contribution in [0.4, 0.5) is 15.2 Å². The Morgan fingerprint density at radius 3 is 2.70 bits per heavy atom. The molecule has 1 saturated heterocycles. The molecule has 0 saturated carbocycles. The highest BCUT2D eigenvalue weighted by Crippen LogP contribution is 2.26. The third kappa shape index (κ3) is 4.46. The third-order valence-corrected chi connectivity index (χ3v) is 5.78. The van der Waals surface area contributed by atoms with E-state index in [1.807, 2.05) is 24.3 Å². The van der Waals surface area contributed by atoms with Crippen molar-refractivity contribution < 1.29 is 18.8 Å². The summed E-state index contributed by atoms with van der Waals surface area (Å²) in [5.74, 6) is -1.60. The Bertz CT molecular complexity index is 1070. The molecule has 1 aliphatic heterocycles. The number of carbonyl (C=O) groups excluding carboxylic acids is 3. The Labute approximate surface area is 175 Å². The molecule has 154 valence electrons. The summed E-state index contributed by atoms with van der Waals surface area (Å²) in [5.41, 5.74) is 1.38. The van der Waals surface area contributed by atoms with Crippen molar-refractivity contribution in [2.45, 2.75) is 12.8 Å². The molecule has 7 nitrogen and oxygen atoms in total. The van der Waals surface area contributed by atoms with Gasteiger partial charge in [-0.15, -0.1) is 0 Å². The standard InChI is InChI=1S/C21H19FN4O3S/c22-14-5-7-15(8-6-14)26-12-13(11-19(26)28)20(29)23-10-9-18(27)25-21-24-16-3-1-2-4-17(16)30-21/h1-8,13H,9-12H2,(H,23,29)(H,24,25,27)/t13-/m0/s1. The van der Waals surface area contributed by atoms with E-state index in [1.165, 1.54) is 40.5 Å². The van der Waals surface area contributed by atoms with Crippen molar-refractivity contribution in [1.82, 2.24) is 10.3 Å². The van der Waals surface area contributed by atoms with Crippen molar-refractivity contribution in [2.75, 3.05) is 23.3 Å². The predicted molar refractivity (Wildman–Crippen MR) is 113 cm³/mol. The largest absolute Gasteiger partial charge is 0.355 e. The lowest BCUT2D eigenvalue weighted by atomic mass is 10.1. The first kappa shape index (κ1) is 20.0. The van der Waals surface area contributed by atoms with Crippen LogP contribution in [0.2, 0.25) is 0 Å². The zero-order chi connectivity index (χ0) is 21.1. The van der Waals surface area contributed by atoms with Crippen LogP contribution in [0.5, 0.6) is 0 Å². The van der Waals surface area contributed by atoms with Crippen molar-refractivity contribution >= 4 is 50.1 Å². The Kier molecular flexibility index (Phi) is 5.71. The molecule has 3 aromatic rings. The molecule has 9 heteroatoms. The smallest absolute Gasteiger partial charge is 0.227 e. The molecule has 4 rings (SSSR count). The number of rotatable bonds is 6. The maximum atomic E-state index is 13.1. The number of benzene rings is 2. The predicted octanol–water partition coefficient (Wildman–Crippen LogP) is 2.93. The quantitative estimate of drug-likeness (QED) is 0.634. The first-order valence-electron chi connectivity index (χ1n) is 9.48. The molecule has 0 spiro atoms. The van der Waals surface area contributed by atoms with Gasteiger partial charge in [0.25, 0.3) is 0 Å². The summed E-state index contributed by atoms with van der Waals surface area (Å²) in [6, 6.07) is 13.2. The van der Waals surface area contributed by atoms with E-state index in [9.17, 15) is 18.8 Å². The number of nitrogens with one attached hydrogen (secondary N) is 2. The van der Waals surface area contributed by atoms with Crippen molar-refractivity contribution in [1.29, 1.82) is 0 Å². The van der Waals surface area contributed by atoms with Gasteiger partial charge >= 0.3 is 0 Å².